The maximum atomic E-state index is 5.45. The zero-order chi connectivity index (χ0) is 16.6. The molecule has 0 spiro atoms. The van der Waals surface area contributed by atoms with Crippen LogP contribution >= 0.6 is 35.3 Å². The Kier molecular flexibility index (Phi) is 8.77. The number of rotatable bonds is 7. The summed E-state index contributed by atoms with van der Waals surface area (Å²) in [6.45, 7) is 4.18. The first-order chi connectivity index (χ1) is 11.8. The molecule has 1 N–H and O–H groups in total. The van der Waals surface area contributed by atoms with Gasteiger partial charge in [-0.25, -0.2) is 0 Å². The lowest BCUT2D eigenvalue weighted by molar-refractivity contribution is 0.187. The van der Waals surface area contributed by atoms with E-state index in [4.69, 9.17) is 14.1 Å². The lowest BCUT2D eigenvalue weighted by Crippen LogP contribution is -2.39. The third-order valence-electron chi connectivity index (χ3n) is 4.12. The van der Waals surface area contributed by atoms with Crippen LogP contribution in [0.1, 0.15) is 17.7 Å². The Bertz CT molecular complexity index is 610. The van der Waals surface area contributed by atoms with Gasteiger partial charge >= 0.3 is 0 Å². The van der Waals surface area contributed by atoms with E-state index < -0.39 is 0 Å². The quantitative estimate of drug-likeness (QED) is 0.378. The fraction of sp³-hybridized carbons (Fsp3) is 0.500. The van der Waals surface area contributed by atoms with E-state index in [0.717, 1.165) is 57.4 Å². The lowest BCUT2D eigenvalue weighted by atomic mass is 10.1. The van der Waals surface area contributed by atoms with E-state index in [1.807, 2.05) is 12.1 Å². The summed E-state index contributed by atoms with van der Waals surface area (Å²) in [5.41, 5.74) is 1.31. The minimum Gasteiger partial charge on any atom is -0.469 e. The molecule has 3 heterocycles. The standard InChI is InChI=1S/C18H25N3O2S.HI/c1-21(12-16-6-10-24-14-16)18(20-11-15-5-9-22-13-15)19-7-4-17-3-2-8-23-17;/h2-3,6,8,10,14-15H,4-5,7,9,11-13H2,1H3,(H,19,20);1H. The molecule has 1 saturated heterocycles. The number of hydrogen-bond acceptors (Lipinski definition) is 4. The number of aliphatic imine (C=N–C) groups is 1. The molecule has 1 fully saturated rings. The van der Waals surface area contributed by atoms with Crippen LogP contribution in [0.2, 0.25) is 0 Å². The van der Waals surface area contributed by atoms with Crippen LogP contribution in [-0.4, -0.2) is 44.2 Å². The molecule has 0 saturated carbocycles. The van der Waals surface area contributed by atoms with Crippen LogP contribution in [0.4, 0.5) is 0 Å². The number of nitrogens with one attached hydrogen (secondary N) is 1. The van der Waals surface area contributed by atoms with Gasteiger partial charge in [0.05, 0.1) is 12.9 Å². The lowest BCUT2D eigenvalue weighted by Gasteiger charge is -2.22. The molecule has 0 aromatic carbocycles. The van der Waals surface area contributed by atoms with Crippen molar-refractivity contribution in [3.8, 4) is 0 Å². The van der Waals surface area contributed by atoms with Crippen LogP contribution in [-0.2, 0) is 17.7 Å². The third kappa shape index (κ3) is 6.63. The van der Waals surface area contributed by atoms with Gasteiger partial charge in [-0.2, -0.15) is 11.3 Å². The summed E-state index contributed by atoms with van der Waals surface area (Å²) in [5.74, 6) is 2.48. The molecule has 7 heteroatoms. The molecule has 2 aromatic rings. The molecule has 1 unspecified atom stereocenters. The van der Waals surface area contributed by atoms with E-state index in [-0.39, 0.29) is 24.0 Å². The highest BCUT2D eigenvalue weighted by Crippen LogP contribution is 2.13. The van der Waals surface area contributed by atoms with Gasteiger partial charge in [-0.1, -0.05) is 0 Å². The summed E-state index contributed by atoms with van der Waals surface area (Å²) in [7, 11) is 2.08. The molecule has 5 nitrogen and oxygen atoms in total. The molecule has 0 aliphatic carbocycles. The summed E-state index contributed by atoms with van der Waals surface area (Å²) in [4.78, 5) is 7.01. The number of guanidine groups is 1. The van der Waals surface area contributed by atoms with Crippen LogP contribution in [0.25, 0.3) is 0 Å². The van der Waals surface area contributed by atoms with Crippen LogP contribution in [0.15, 0.2) is 44.6 Å². The predicted molar refractivity (Wildman–Crippen MR) is 113 cm³/mol. The number of thiophene rings is 1. The average Bonchev–Trinajstić information content (AvgIpc) is 3.32. The fourth-order valence-corrected chi connectivity index (χ4v) is 3.40. The van der Waals surface area contributed by atoms with Crippen LogP contribution in [0, 0.1) is 5.92 Å². The maximum absolute atomic E-state index is 5.45. The SMILES string of the molecule is CN(Cc1ccsc1)C(=NCC1CCOC1)NCCc1ccco1.I. The highest BCUT2D eigenvalue weighted by Gasteiger charge is 2.16. The van der Waals surface area contributed by atoms with E-state index in [1.54, 1.807) is 17.6 Å². The molecule has 3 rings (SSSR count). The Labute approximate surface area is 170 Å². The van der Waals surface area contributed by atoms with Crippen LogP contribution in [0.3, 0.4) is 0 Å². The van der Waals surface area contributed by atoms with E-state index in [0.29, 0.717) is 5.92 Å². The summed E-state index contributed by atoms with van der Waals surface area (Å²) in [6, 6.07) is 6.09. The molecule has 0 bridgehead atoms. The topological polar surface area (TPSA) is 50.0 Å². The van der Waals surface area contributed by atoms with Gasteiger partial charge in [0.15, 0.2) is 5.96 Å². The second kappa shape index (κ2) is 10.8. The molecular formula is C18H26IN3O2S. The minimum atomic E-state index is 0. The van der Waals surface area contributed by atoms with Gasteiger partial charge in [-0.15, -0.1) is 24.0 Å². The molecule has 1 aliphatic rings. The summed E-state index contributed by atoms with van der Waals surface area (Å²) >= 11 is 1.73. The average molecular weight is 475 g/mol. The Morgan fingerprint density at radius 3 is 3.04 bits per heavy atom. The van der Waals surface area contributed by atoms with Gasteiger partial charge in [0.25, 0.3) is 0 Å². The Morgan fingerprint density at radius 1 is 1.44 bits per heavy atom. The normalized spacial score (nSPS) is 17.3. The van der Waals surface area contributed by atoms with Crippen molar-refractivity contribution in [1.82, 2.24) is 10.2 Å². The second-order valence-corrected chi connectivity index (χ2v) is 6.92. The van der Waals surface area contributed by atoms with E-state index in [9.17, 15) is 0 Å². The first-order valence-corrected chi connectivity index (χ1v) is 9.36. The first-order valence-electron chi connectivity index (χ1n) is 8.42. The van der Waals surface area contributed by atoms with Gasteiger partial charge in [0, 0.05) is 45.6 Å². The largest absolute Gasteiger partial charge is 0.469 e. The highest BCUT2D eigenvalue weighted by atomic mass is 127. The Morgan fingerprint density at radius 2 is 2.36 bits per heavy atom. The van der Waals surface area contributed by atoms with Crippen molar-refractivity contribution in [3.63, 3.8) is 0 Å². The van der Waals surface area contributed by atoms with Crippen molar-refractivity contribution in [2.24, 2.45) is 10.9 Å². The van der Waals surface area contributed by atoms with Gasteiger partial charge < -0.3 is 19.4 Å². The molecule has 138 valence electrons. The van der Waals surface area contributed by atoms with Gasteiger partial charge in [0.1, 0.15) is 5.76 Å². The van der Waals surface area contributed by atoms with Crippen molar-refractivity contribution in [2.75, 3.05) is 33.4 Å². The fourth-order valence-electron chi connectivity index (χ4n) is 2.74. The zero-order valence-electron chi connectivity index (χ0n) is 14.5. The van der Waals surface area contributed by atoms with Crippen molar-refractivity contribution in [1.29, 1.82) is 0 Å². The number of nitrogens with zero attached hydrogens (tertiary/aromatic N) is 2. The van der Waals surface area contributed by atoms with E-state index >= 15 is 0 Å². The van der Waals surface area contributed by atoms with Gasteiger partial charge in [-0.05, 0) is 40.9 Å². The maximum Gasteiger partial charge on any atom is 0.193 e. The van der Waals surface area contributed by atoms with Gasteiger partial charge in [-0.3, -0.25) is 4.99 Å². The molecule has 2 aromatic heterocycles. The predicted octanol–water partition coefficient (Wildman–Crippen LogP) is 3.62. The third-order valence-corrected chi connectivity index (χ3v) is 4.85. The Hall–Kier alpha value is -1.06. The molecule has 0 amide bonds. The monoisotopic (exact) mass is 475 g/mol. The Balaban J connectivity index is 0.00000225. The molecule has 25 heavy (non-hydrogen) atoms. The molecular weight excluding hydrogens is 449 g/mol. The van der Waals surface area contributed by atoms with Crippen molar-refractivity contribution < 1.29 is 9.15 Å². The first kappa shape index (κ1) is 20.3. The summed E-state index contributed by atoms with van der Waals surface area (Å²) in [5, 5.41) is 7.77. The zero-order valence-corrected chi connectivity index (χ0v) is 17.7. The second-order valence-electron chi connectivity index (χ2n) is 6.14. The van der Waals surface area contributed by atoms with Gasteiger partial charge in [0.2, 0.25) is 0 Å². The number of ether oxygens (including phenoxy) is 1. The van der Waals surface area contributed by atoms with Crippen LogP contribution < -0.4 is 5.32 Å². The molecule has 0 radical (unpaired) electrons. The number of halogens is 1. The van der Waals surface area contributed by atoms with Crippen molar-refractivity contribution >= 4 is 41.3 Å². The summed E-state index contributed by atoms with van der Waals surface area (Å²) < 4.78 is 10.8. The summed E-state index contributed by atoms with van der Waals surface area (Å²) in [6.07, 6.45) is 3.68. The number of furan rings is 1. The minimum absolute atomic E-state index is 0. The smallest absolute Gasteiger partial charge is 0.193 e. The van der Waals surface area contributed by atoms with Crippen molar-refractivity contribution in [3.05, 3.63) is 46.5 Å². The van der Waals surface area contributed by atoms with E-state index in [2.05, 4.69) is 34.1 Å². The number of hydrogen-bond donors (Lipinski definition) is 1. The van der Waals surface area contributed by atoms with Crippen LogP contribution in [0.5, 0.6) is 0 Å². The molecule has 1 atom stereocenters. The van der Waals surface area contributed by atoms with Crippen molar-refractivity contribution in [2.45, 2.75) is 19.4 Å². The highest BCUT2D eigenvalue weighted by molar-refractivity contribution is 14.0. The van der Waals surface area contributed by atoms with E-state index in [1.165, 1.54) is 5.56 Å². The molecule has 1 aliphatic heterocycles.